The molecule has 0 atom stereocenters. The summed E-state index contributed by atoms with van der Waals surface area (Å²) in [6, 6.07) is 0. The van der Waals surface area contributed by atoms with Crippen molar-refractivity contribution in [3.63, 3.8) is 0 Å². The van der Waals surface area contributed by atoms with Crippen LogP contribution >= 0.6 is 11.6 Å². The Bertz CT molecular complexity index is 8.00. The molecule has 0 rings (SSSR count). The van der Waals surface area contributed by atoms with E-state index in [1.165, 1.54) is 0 Å². The average Bonchev–Trinajstić information content (AvgIpc) is 0.918. The largest absolute Gasteiger partial charge is 0.131 e. The van der Waals surface area contributed by atoms with Crippen molar-refractivity contribution in [2.75, 3.05) is 5.50 Å². The Morgan fingerprint density at radius 2 is 1.75 bits per heavy atom. The minimum atomic E-state index is 0. The van der Waals surface area contributed by atoms with Crippen molar-refractivity contribution in [2.45, 2.75) is 0 Å². The van der Waals surface area contributed by atoms with Crippen LogP contribution in [0.25, 0.3) is 0 Å². The molecule has 3 heteroatoms. The summed E-state index contributed by atoms with van der Waals surface area (Å²) in [6.07, 6.45) is 0. The smallest absolute Gasteiger partial charge is 0.0215 e. The topological polar surface area (TPSA) is 0 Å². The fraction of sp³-hybridized carbons (Fsp3) is 1.00. The molecule has 0 spiro atoms. The first-order valence-corrected chi connectivity index (χ1v) is 2.92. The third kappa shape index (κ3) is 9.71. The van der Waals surface area contributed by atoms with Crippen LogP contribution < -0.4 is 0 Å². The monoisotopic (exact) mass is 104 g/mol. The number of rotatable bonds is 0. The number of hydrogen-bond donors (Lipinski definition) is 0. The van der Waals surface area contributed by atoms with Crippen molar-refractivity contribution in [1.29, 1.82) is 0 Å². The van der Waals surface area contributed by atoms with Crippen LogP contribution in [0.4, 0.5) is 0 Å². The third-order valence-electron chi connectivity index (χ3n) is 0. The van der Waals surface area contributed by atoms with Crippen molar-refractivity contribution in [2.24, 2.45) is 0 Å². The Morgan fingerprint density at radius 1 is 1.75 bits per heavy atom. The van der Waals surface area contributed by atoms with Crippen molar-refractivity contribution in [3.05, 3.63) is 0 Å². The van der Waals surface area contributed by atoms with Crippen LogP contribution in [-0.2, 0) is 0 Å². The zero-order valence-electron chi connectivity index (χ0n) is 2.09. The molecule has 0 aromatic rings. The summed E-state index contributed by atoms with van der Waals surface area (Å²) in [4.78, 5) is 0. The van der Waals surface area contributed by atoms with Gasteiger partial charge in [0.05, 0.1) is 0 Å². The van der Waals surface area contributed by atoms with Crippen molar-refractivity contribution in [1.82, 2.24) is 0 Å². The molecule has 0 aliphatic carbocycles. The van der Waals surface area contributed by atoms with E-state index in [0.717, 1.165) is 15.7 Å². The van der Waals surface area contributed by atoms with E-state index in [9.17, 15) is 0 Å². The Kier molecular flexibility index (Phi) is 20.1. The van der Waals surface area contributed by atoms with E-state index in [-0.39, 0.29) is 29.6 Å². The van der Waals surface area contributed by atoms with Gasteiger partial charge in [-0.2, -0.15) is 0 Å². The summed E-state index contributed by atoms with van der Waals surface area (Å²) in [5.74, 6) is 0. The predicted octanol–water partition coefficient (Wildman–Crippen LogP) is -1.10. The van der Waals surface area contributed by atoms with E-state index >= 15 is 0 Å². The minimum Gasteiger partial charge on any atom is -0.131 e. The standard InChI is InChI=1S/CH5ClSi.Na.H/c2-1-3;;/h1H2,3H3;;. The van der Waals surface area contributed by atoms with Gasteiger partial charge >= 0.3 is 29.6 Å². The maximum atomic E-state index is 5.06. The molecule has 0 amide bonds. The van der Waals surface area contributed by atoms with Crippen LogP contribution in [0.3, 0.4) is 0 Å². The van der Waals surface area contributed by atoms with E-state index in [0.29, 0.717) is 0 Å². The van der Waals surface area contributed by atoms with Gasteiger partial charge in [0.1, 0.15) is 0 Å². The van der Waals surface area contributed by atoms with Crippen LogP contribution in [0.2, 0.25) is 0 Å². The van der Waals surface area contributed by atoms with Gasteiger partial charge in [-0.05, 0) is 0 Å². The summed E-state index contributed by atoms with van der Waals surface area (Å²) < 4.78 is 0. The second-order valence-corrected chi connectivity index (χ2v) is 2.41. The summed E-state index contributed by atoms with van der Waals surface area (Å²) >= 11 is 5.06. The zero-order chi connectivity index (χ0) is 2.71. The van der Waals surface area contributed by atoms with Gasteiger partial charge in [0.25, 0.3) is 0 Å². The molecule has 0 bridgehead atoms. The molecule has 0 N–H and O–H groups in total. The number of alkyl halides is 1. The fourth-order valence-corrected chi connectivity index (χ4v) is 0. The summed E-state index contributed by atoms with van der Waals surface area (Å²) in [7, 11) is 1.13. The molecule has 0 radical (unpaired) electrons. The molecule has 0 fully saturated rings. The summed E-state index contributed by atoms with van der Waals surface area (Å²) in [6.45, 7) is 0. The Hall–Kier alpha value is 1.51. The molecule has 0 saturated heterocycles. The van der Waals surface area contributed by atoms with Gasteiger partial charge in [0, 0.05) is 15.7 Å². The Labute approximate surface area is 56.6 Å². The molecule has 4 heavy (non-hydrogen) atoms. The van der Waals surface area contributed by atoms with E-state index in [1.807, 2.05) is 0 Å². The van der Waals surface area contributed by atoms with Crippen molar-refractivity contribution < 1.29 is 0 Å². The molecule has 0 heterocycles. The first kappa shape index (κ1) is 9.10. The quantitative estimate of drug-likeness (QED) is 0.270. The molecule has 0 aliphatic heterocycles. The predicted molar refractivity (Wildman–Crippen MR) is 27.8 cm³/mol. The van der Waals surface area contributed by atoms with Crippen molar-refractivity contribution >= 4 is 51.4 Å². The second kappa shape index (κ2) is 8.82. The van der Waals surface area contributed by atoms with Gasteiger partial charge in [0.2, 0.25) is 0 Å². The van der Waals surface area contributed by atoms with Crippen LogP contribution in [-0.4, -0.2) is 45.3 Å². The Balaban J connectivity index is 0. The van der Waals surface area contributed by atoms with Crippen LogP contribution in [0, 0.1) is 0 Å². The van der Waals surface area contributed by atoms with Gasteiger partial charge in [-0.25, -0.2) is 0 Å². The average molecular weight is 105 g/mol. The van der Waals surface area contributed by atoms with Gasteiger partial charge in [-0.1, -0.05) is 0 Å². The molecule has 0 saturated carbocycles. The third-order valence-corrected chi connectivity index (χ3v) is 0. The molecule has 0 nitrogen and oxygen atoms in total. The number of hydrogen-bond acceptors (Lipinski definition) is 0. The fourth-order valence-electron chi connectivity index (χ4n) is 0. The van der Waals surface area contributed by atoms with Gasteiger partial charge in [-0.15, -0.1) is 11.6 Å². The maximum absolute atomic E-state index is 5.06. The normalized spacial score (nSPS) is 5.25. The van der Waals surface area contributed by atoms with Gasteiger partial charge < -0.3 is 0 Å². The first-order chi connectivity index (χ1) is 1.41. The van der Waals surface area contributed by atoms with E-state index in [4.69, 9.17) is 11.6 Å². The minimum absolute atomic E-state index is 0. The summed E-state index contributed by atoms with van der Waals surface area (Å²) in [5, 5.41) is 0. The molecule has 22 valence electrons. The Morgan fingerprint density at radius 3 is 1.75 bits per heavy atom. The van der Waals surface area contributed by atoms with Gasteiger partial charge in [-0.3, -0.25) is 0 Å². The molecule has 0 unspecified atom stereocenters. The van der Waals surface area contributed by atoms with E-state index in [2.05, 4.69) is 0 Å². The molecule has 0 aromatic carbocycles. The molecular formula is CH6ClNaSi. The first-order valence-electron chi connectivity index (χ1n) is 0.974. The molecular weight excluding hydrogens is 98.5 g/mol. The second-order valence-electron chi connectivity index (χ2n) is 0.267. The van der Waals surface area contributed by atoms with Crippen LogP contribution in [0.5, 0.6) is 0 Å². The van der Waals surface area contributed by atoms with Crippen molar-refractivity contribution in [3.8, 4) is 0 Å². The van der Waals surface area contributed by atoms with Crippen LogP contribution in [0.15, 0.2) is 0 Å². The maximum Gasteiger partial charge on any atom is 0.0215 e. The van der Waals surface area contributed by atoms with Crippen LogP contribution in [0.1, 0.15) is 0 Å². The number of halogens is 1. The van der Waals surface area contributed by atoms with Gasteiger partial charge in [0.15, 0.2) is 0 Å². The molecule has 0 aromatic heterocycles. The zero-order valence-corrected chi connectivity index (χ0v) is 4.84. The summed E-state index contributed by atoms with van der Waals surface area (Å²) in [5.41, 5.74) is 0.861. The van der Waals surface area contributed by atoms with E-state index in [1.54, 1.807) is 0 Å². The SMILES string of the molecule is [NaH].[SiH3]CCl. The molecule has 0 aliphatic rings. The van der Waals surface area contributed by atoms with E-state index < -0.39 is 0 Å².